The number of aromatic amines is 1. The average Bonchev–Trinajstić information content (AvgIpc) is 2.89. The van der Waals surface area contributed by atoms with Crippen LogP contribution in [-0.4, -0.2) is 23.9 Å². The second kappa shape index (κ2) is 5.64. The van der Waals surface area contributed by atoms with Gasteiger partial charge in [0.2, 0.25) is 0 Å². The van der Waals surface area contributed by atoms with E-state index in [9.17, 15) is 4.39 Å². The van der Waals surface area contributed by atoms with Gasteiger partial charge >= 0.3 is 0 Å². The zero-order valence-corrected chi connectivity index (χ0v) is 10.4. The molecule has 1 atom stereocenters. The third kappa shape index (κ3) is 2.51. The highest BCUT2D eigenvalue weighted by molar-refractivity contribution is 5.35. The summed E-state index contributed by atoms with van der Waals surface area (Å²) in [6, 6.07) is 4.89. The van der Waals surface area contributed by atoms with Crippen molar-refractivity contribution in [2.45, 2.75) is 13.0 Å². The highest BCUT2D eigenvalue weighted by atomic mass is 19.1. The number of aromatic nitrogens is 2. The van der Waals surface area contributed by atoms with Crippen molar-refractivity contribution in [3.8, 4) is 5.75 Å². The van der Waals surface area contributed by atoms with Crippen LogP contribution >= 0.6 is 0 Å². The summed E-state index contributed by atoms with van der Waals surface area (Å²) in [5.74, 6) is -0.109. The van der Waals surface area contributed by atoms with E-state index in [0.717, 1.165) is 17.7 Å². The van der Waals surface area contributed by atoms with Crippen molar-refractivity contribution >= 4 is 0 Å². The minimum absolute atomic E-state index is 0.0749. The van der Waals surface area contributed by atoms with Gasteiger partial charge in [-0.15, -0.1) is 0 Å². The lowest BCUT2D eigenvalue weighted by Gasteiger charge is -2.17. The lowest BCUT2D eigenvalue weighted by Crippen LogP contribution is -2.21. The lowest BCUT2D eigenvalue weighted by atomic mass is 10.0. The van der Waals surface area contributed by atoms with Crippen LogP contribution in [0.1, 0.15) is 24.1 Å². The molecule has 5 heteroatoms. The SMILES string of the molecule is CCNC(c1cn[nH]c1)c1ccc(OC)c(F)c1. The summed E-state index contributed by atoms with van der Waals surface area (Å²) >= 11 is 0. The summed E-state index contributed by atoms with van der Waals surface area (Å²) in [6.07, 6.45) is 3.53. The monoisotopic (exact) mass is 249 g/mol. The molecule has 0 saturated heterocycles. The van der Waals surface area contributed by atoms with Gasteiger partial charge in [0.25, 0.3) is 0 Å². The topological polar surface area (TPSA) is 49.9 Å². The summed E-state index contributed by atoms with van der Waals surface area (Å²) in [7, 11) is 1.45. The molecule has 0 radical (unpaired) electrons. The van der Waals surface area contributed by atoms with Gasteiger partial charge in [0.1, 0.15) is 0 Å². The molecular weight excluding hydrogens is 233 g/mol. The maximum absolute atomic E-state index is 13.7. The molecule has 2 N–H and O–H groups in total. The van der Waals surface area contributed by atoms with Gasteiger partial charge in [-0.1, -0.05) is 13.0 Å². The van der Waals surface area contributed by atoms with Gasteiger partial charge < -0.3 is 10.1 Å². The van der Waals surface area contributed by atoms with E-state index in [2.05, 4.69) is 15.5 Å². The number of methoxy groups -OCH3 is 1. The van der Waals surface area contributed by atoms with Gasteiger partial charge in [0.15, 0.2) is 11.6 Å². The van der Waals surface area contributed by atoms with Crippen LogP contribution in [0, 0.1) is 5.82 Å². The van der Waals surface area contributed by atoms with Gasteiger partial charge in [0.05, 0.1) is 19.3 Å². The quantitative estimate of drug-likeness (QED) is 0.854. The van der Waals surface area contributed by atoms with Crippen molar-refractivity contribution in [3.05, 3.63) is 47.5 Å². The number of benzene rings is 1. The highest BCUT2D eigenvalue weighted by Crippen LogP contribution is 2.25. The number of halogens is 1. The lowest BCUT2D eigenvalue weighted by molar-refractivity contribution is 0.385. The number of ether oxygens (including phenoxy) is 1. The second-order valence-electron chi connectivity index (χ2n) is 3.92. The van der Waals surface area contributed by atoms with Crippen molar-refractivity contribution in [1.82, 2.24) is 15.5 Å². The van der Waals surface area contributed by atoms with Crippen LogP contribution in [0.2, 0.25) is 0 Å². The molecule has 1 heterocycles. The highest BCUT2D eigenvalue weighted by Gasteiger charge is 2.15. The number of hydrogen-bond donors (Lipinski definition) is 2. The number of nitrogens with zero attached hydrogens (tertiary/aromatic N) is 1. The molecule has 96 valence electrons. The third-order valence-corrected chi connectivity index (χ3v) is 2.77. The Hall–Kier alpha value is -1.88. The predicted octanol–water partition coefficient (Wildman–Crippen LogP) is 2.26. The number of H-pyrrole nitrogens is 1. The molecule has 1 unspecified atom stereocenters. The van der Waals surface area contributed by atoms with Crippen LogP contribution in [0.3, 0.4) is 0 Å². The molecule has 0 bridgehead atoms. The first-order valence-electron chi connectivity index (χ1n) is 5.81. The molecule has 0 aliphatic rings. The Bertz CT molecular complexity index is 499. The van der Waals surface area contributed by atoms with Gasteiger partial charge in [0, 0.05) is 11.8 Å². The van der Waals surface area contributed by atoms with E-state index in [1.54, 1.807) is 18.5 Å². The Kier molecular flexibility index (Phi) is 3.94. The molecule has 0 spiro atoms. The van der Waals surface area contributed by atoms with E-state index in [1.807, 2.05) is 13.0 Å². The molecular formula is C13H16FN3O. The Labute approximate surface area is 105 Å². The van der Waals surface area contributed by atoms with Gasteiger partial charge in [-0.25, -0.2) is 4.39 Å². The number of hydrogen-bond acceptors (Lipinski definition) is 3. The minimum Gasteiger partial charge on any atom is -0.494 e. The smallest absolute Gasteiger partial charge is 0.165 e. The van der Waals surface area contributed by atoms with Crippen LogP contribution < -0.4 is 10.1 Å². The van der Waals surface area contributed by atoms with Crippen LogP contribution in [0.25, 0.3) is 0 Å². The predicted molar refractivity (Wildman–Crippen MR) is 67.1 cm³/mol. The first-order chi connectivity index (χ1) is 8.76. The minimum atomic E-state index is -0.360. The molecule has 2 rings (SSSR count). The zero-order chi connectivity index (χ0) is 13.0. The summed E-state index contributed by atoms with van der Waals surface area (Å²) in [4.78, 5) is 0. The second-order valence-corrected chi connectivity index (χ2v) is 3.92. The van der Waals surface area contributed by atoms with Crippen LogP contribution in [-0.2, 0) is 0 Å². The first kappa shape index (κ1) is 12.6. The van der Waals surface area contributed by atoms with E-state index in [0.29, 0.717) is 0 Å². The van der Waals surface area contributed by atoms with Crippen LogP contribution in [0.5, 0.6) is 5.75 Å². The summed E-state index contributed by atoms with van der Waals surface area (Å²) in [5.41, 5.74) is 1.82. The van der Waals surface area contributed by atoms with E-state index in [4.69, 9.17) is 4.74 Å². The molecule has 2 aromatic rings. The van der Waals surface area contributed by atoms with Gasteiger partial charge in [-0.05, 0) is 24.2 Å². The molecule has 0 saturated carbocycles. The fourth-order valence-corrected chi connectivity index (χ4v) is 1.91. The normalized spacial score (nSPS) is 12.4. The van der Waals surface area contributed by atoms with Crippen LogP contribution in [0.15, 0.2) is 30.6 Å². The van der Waals surface area contributed by atoms with E-state index >= 15 is 0 Å². The molecule has 1 aromatic heterocycles. The average molecular weight is 249 g/mol. The zero-order valence-electron chi connectivity index (χ0n) is 10.4. The Balaban J connectivity index is 2.34. The van der Waals surface area contributed by atoms with Crippen molar-refractivity contribution < 1.29 is 9.13 Å². The van der Waals surface area contributed by atoms with E-state index in [-0.39, 0.29) is 17.6 Å². The largest absolute Gasteiger partial charge is 0.494 e. The third-order valence-electron chi connectivity index (χ3n) is 2.77. The van der Waals surface area contributed by atoms with Gasteiger partial charge in [-0.3, -0.25) is 5.10 Å². The maximum Gasteiger partial charge on any atom is 0.165 e. The summed E-state index contributed by atoms with van der Waals surface area (Å²) < 4.78 is 18.6. The summed E-state index contributed by atoms with van der Waals surface area (Å²) in [5, 5.41) is 9.99. The number of nitrogens with one attached hydrogen (secondary N) is 2. The fourth-order valence-electron chi connectivity index (χ4n) is 1.91. The maximum atomic E-state index is 13.7. The Morgan fingerprint density at radius 2 is 2.28 bits per heavy atom. The van der Waals surface area contributed by atoms with Crippen molar-refractivity contribution in [2.75, 3.05) is 13.7 Å². The Morgan fingerprint density at radius 3 is 2.83 bits per heavy atom. The molecule has 18 heavy (non-hydrogen) atoms. The van der Waals surface area contributed by atoms with Crippen LogP contribution in [0.4, 0.5) is 4.39 Å². The number of rotatable bonds is 5. The van der Waals surface area contributed by atoms with Crippen molar-refractivity contribution in [3.63, 3.8) is 0 Å². The molecule has 0 aliphatic carbocycles. The molecule has 0 aliphatic heterocycles. The summed E-state index contributed by atoms with van der Waals surface area (Å²) in [6.45, 7) is 2.79. The van der Waals surface area contributed by atoms with Crippen molar-refractivity contribution in [1.29, 1.82) is 0 Å². The standard InChI is InChI=1S/C13H16FN3O/c1-3-15-13(10-7-16-17-8-10)9-4-5-12(18-2)11(14)6-9/h4-8,13,15H,3H2,1-2H3,(H,16,17). The first-order valence-corrected chi connectivity index (χ1v) is 5.81. The fraction of sp³-hybridized carbons (Fsp3) is 0.308. The molecule has 0 amide bonds. The van der Waals surface area contributed by atoms with E-state index in [1.165, 1.54) is 13.2 Å². The Morgan fingerprint density at radius 1 is 1.44 bits per heavy atom. The molecule has 4 nitrogen and oxygen atoms in total. The van der Waals surface area contributed by atoms with Gasteiger partial charge in [-0.2, -0.15) is 5.10 Å². The molecule has 1 aromatic carbocycles. The molecule has 0 fully saturated rings. The van der Waals surface area contributed by atoms with Crippen molar-refractivity contribution in [2.24, 2.45) is 0 Å². The van der Waals surface area contributed by atoms with E-state index < -0.39 is 0 Å².